The molecule has 0 saturated heterocycles. The Morgan fingerprint density at radius 1 is 1.29 bits per heavy atom. The third-order valence-electron chi connectivity index (χ3n) is 2.80. The number of aromatic nitrogens is 2. The summed E-state index contributed by atoms with van der Waals surface area (Å²) in [6, 6.07) is 6.51. The average molecular weight is 229 g/mol. The van der Waals surface area contributed by atoms with Crippen LogP contribution in [0.4, 0.5) is 0 Å². The Kier molecular flexibility index (Phi) is 3.59. The fourth-order valence-corrected chi connectivity index (χ4v) is 1.90. The van der Waals surface area contributed by atoms with E-state index in [2.05, 4.69) is 49.4 Å². The summed E-state index contributed by atoms with van der Waals surface area (Å²) in [6.45, 7) is 8.23. The minimum Gasteiger partial charge on any atom is -0.313 e. The molecule has 0 spiro atoms. The van der Waals surface area contributed by atoms with Crippen LogP contribution in [0.2, 0.25) is 0 Å². The highest BCUT2D eigenvalue weighted by atomic mass is 15.3. The summed E-state index contributed by atoms with van der Waals surface area (Å²) in [5.41, 5.74) is 4.90. The lowest BCUT2D eigenvalue weighted by atomic mass is 10.1. The largest absolute Gasteiger partial charge is 0.313 e. The fraction of sp³-hybridized carbons (Fsp3) is 0.357. The third kappa shape index (κ3) is 2.74. The maximum Gasteiger partial charge on any atom is 0.0675 e. The van der Waals surface area contributed by atoms with Gasteiger partial charge < -0.3 is 5.32 Å². The number of aryl methyl sites for hydroxylation is 2. The van der Waals surface area contributed by atoms with E-state index in [-0.39, 0.29) is 0 Å². The lowest BCUT2D eigenvalue weighted by molar-refractivity contribution is 0.725. The van der Waals surface area contributed by atoms with Crippen molar-refractivity contribution in [2.45, 2.75) is 27.3 Å². The Morgan fingerprint density at radius 2 is 2.12 bits per heavy atom. The normalized spacial score (nSPS) is 10.8. The summed E-state index contributed by atoms with van der Waals surface area (Å²) in [7, 11) is 0. The highest BCUT2D eigenvalue weighted by Gasteiger charge is 2.03. The van der Waals surface area contributed by atoms with Crippen molar-refractivity contribution < 1.29 is 0 Å². The standard InChI is InChI=1S/C14H19N3/c1-4-15-9-13-5-6-14(12(3)7-13)17-10-11(2)8-16-17/h5-8,10,15H,4,9H2,1-3H3. The molecule has 1 heterocycles. The molecule has 0 aliphatic rings. The average Bonchev–Trinajstić information content (AvgIpc) is 2.73. The molecule has 0 atom stereocenters. The van der Waals surface area contributed by atoms with Crippen LogP contribution in [-0.4, -0.2) is 16.3 Å². The van der Waals surface area contributed by atoms with Crippen molar-refractivity contribution >= 4 is 0 Å². The van der Waals surface area contributed by atoms with E-state index >= 15 is 0 Å². The Morgan fingerprint density at radius 3 is 2.71 bits per heavy atom. The maximum absolute atomic E-state index is 4.34. The van der Waals surface area contributed by atoms with Crippen molar-refractivity contribution in [2.75, 3.05) is 6.54 Å². The number of hydrogen-bond acceptors (Lipinski definition) is 2. The van der Waals surface area contributed by atoms with E-state index in [1.165, 1.54) is 16.7 Å². The number of nitrogens with one attached hydrogen (secondary N) is 1. The van der Waals surface area contributed by atoms with E-state index < -0.39 is 0 Å². The summed E-state index contributed by atoms with van der Waals surface area (Å²) < 4.78 is 1.93. The molecule has 1 N–H and O–H groups in total. The summed E-state index contributed by atoms with van der Waals surface area (Å²) in [6.07, 6.45) is 3.93. The molecule has 0 bridgehead atoms. The topological polar surface area (TPSA) is 29.9 Å². The number of hydrogen-bond donors (Lipinski definition) is 1. The minimum absolute atomic E-state index is 0.926. The molecule has 0 fully saturated rings. The molecule has 1 aromatic heterocycles. The summed E-state index contributed by atoms with van der Waals surface area (Å²) in [5, 5.41) is 7.67. The second-order valence-corrected chi connectivity index (χ2v) is 4.36. The molecule has 3 nitrogen and oxygen atoms in total. The molecular weight excluding hydrogens is 210 g/mol. The Bertz CT molecular complexity index is 500. The van der Waals surface area contributed by atoms with Gasteiger partial charge in [-0.3, -0.25) is 0 Å². The first-order valence-corrected chi connectivity index (χ1v) is 6.02. The molecule has 0 amide bonds. The van der Waals surface area contributed by atoms with Crippen LogP contribution in [0.15, 0.2) is 30.6 Å². The van der Waals surface area contributed by atoms with Crippen LogP contribution < -0.4 is 5.32 Å². The number of benzene rings is 1. The molecule has 17 heavy (non-hydrogen) atoms. The molecule has 0 unspecified atom stereocenters. The SMILES string of the molecule is CCNCc1ccc(-n2cc(C)cn2)c(C)c1. The van der Waals surface area contributed by atoms with Gasteiger partial charge in [0, 0.05) is 12.7 Å². The van der Waals surface area contributed by atoms with E-state index in [0.29, 0.717) is 0 Å². The van der Waals surface area contributed by atoms with Gasteiger partial charge in [-0.05, 0) is 43.1 Å². The van der Waals surface area contributed by atoms with Crippen molar-refractivity contribution in [1.82, 2.24) is 15.1 Å². The van der Waals surface area contributed by atoms with Crippen molar-refractivity contribution in [3.63, 3.8) is 0 Å². The molecule has 1 aromatic carbocycles. The molecule has 2 aromatic rings. The van der Waals surface area contributed by atoms with Crippen LogP contribution in [0.25, 0.3) is 5.69 Å². The molecule has 90 valence electrons. The van der Waals surface area contributed by atoms with Crippen LogP contribution in [0.1, 0.15) is 23.6 Å². The Labute approximate surface area is 102 Å². The fourth-order valence-electron chi connectivity index (χ4n) is 1.90. The van der Waals surface area contributed by atoms with E-state index in [1.807, 2.05) is 17.1 Å². The zero-order chi connectivity index (χ0) is 12.3. The van der Waals surface area contributed by atoms with E-state index in [0.717, 1.165) is 18.8 Å². The van der Waals surface area contributed by atoms with Gasteiger partial charge in [-0.15, -0.1) is 0 Å². The summed E-state index contributed by atoms with van der Waals surface area (Å²) in [5.74, 6) is 0. The van der Waals surface area contributed by atoms with Gasteiger partial charge in [0.2, 0.25) is 0 Å². The smallest absolute Gasteiger partial charge is 0.0675 e. The summed E-state index contributed by atoms with van der Waals surface area (Å²) >= 11 is 0. The van der Waals surface area contributed by atoms with E-state index in [1.54, 1.807) is 0 Å². The highest BCUT2D eigenvalue weighted by molar-refractivity contribution is 5.42. The first-order chi connectivity index (χ1) is 8.20. The molecule has 3 heteroatoms. The Balaban J connectivity index is 2.25. The second kappa shape index (κ2) is 5.15. The maximum atomic E-state index is 4.34. The van der Waals surface area contributed by atoms with Gasteiger partial charge >= 0.3 is 0 Å². The van der Waals surface area contributed by atoms with Gasteiger partial charge in [0.05, 0.1) is 11.9 Å². The first-order valence-electron chi connectivity index (χ1n) is 6.02. The summed E-state index contributed by atoms with van der Waals surface area (Å²) in [4.78, 5) is 0. The van der Waals surface area contributed by atoms with Gasteiger partial charge in [0.25, 0.3) is 0 Å². The molecular formula is C14H19N3. The van der Waals surface area contributed by atoms with Crippen molar-refractivity contribution in [3.8, 4) is 5.69 Å². The minimum atomic E-state index is 0.926. The van der Waals surface area contributed by atoms with Crippen molar-refractivity contribution in [3.05, 3.63) is 47.3 Å². The van der Waals surface area contributed by atoms with E-state index in [4.69, 9.17) is 0 Å². The Hall–Kier alpha value is -1.61. The third-order valence-corrected chi connectivity index (χ3v) is 2.80. The second-order valence-electron chi connectivity index (χ2n) is 4.36. The van der Waals surface area contributed by atoms with Gasteiger partial charge in [-0.1, -0.05) is 19.1 Å². The van der Waals surface area contributed by atoms with Crippen LogP contribution in [0.3, 0.4) is 0 Å². The van der Waals surface area contributed by atoms with Crippen molar-refractivity contribution in [2.24, 2.45) is 0 Å². The van der Waals surface area contributed by atoms with Crippen LogP contribution in [-0.2, 0) is 6.54 Å². The monoisotopic (exact) mass is 229 g/mol. The molecule has 0 radical (unpaired) electrons. The van der Waals surface area contributed by atoms with Crippen LogP contribution in [0.5, 0.6) is 0 Å². The van der Waals surface area contributed by atoms with Crippen LogP contribution >= 0.6 is 0 Å². The predicted octanol–water partition coefficient (Wildman–Crippen LogP) is 2.60. The van der Waals surface area contributed by atoms with Crippen molar-refractivity contribution in [1.29, 1.82) is 0 Å². The van der Waals surface area contributed by atoms with E-state index in [9.17, 15) is 0 Å². The zero-order valence-electron chi connectivity index (χ0n) is 10.7. The lowest BCUT2D eigenvalue weighted by Crippen LogP contribution is -2.12. The zero-order valence-corrected chi connectivity index (χ0v) is 10.7. The first kappa shape index (κ1) is 11.9. The highest BCUT2D eigenvalue weighted by Crippen LogP contribution is 2.15. The quantitative estimate of drug-likeness (QED) is 0.873. The molecule has 0 aliphatic carbocycles. The number of rotatable bonds is 4. The van der Waals surface area contributed by atoms with Gasteiger partial charge in [-0.2, -0.15) is 5.10 Å². The van der Waals surface area contributed by atoms with Gasteiger partial charge in [0.1, 0.15) is 0 Å². The van der Waals surface area contributed by atoms with Gasteiger partial charge in [-0.25, -0.2) is 4.68 Å². The molecule has 0 saturated carbocycles. The molecule has 0 aliphatic heterocycles. The molecule has 2 rings (SSSR count). The number of nitrogens with zero attached hydrogens (tertiary/aromatic N) is 2. The lowest BCUT2D eigenvalue weighted by Gasteiger charge is -2.09. The van der Waals surface area contributed by atoms with Gasteiger partial charge in [0.15, 0.2) is 0 Å². The predicted molar refractivity (Wildman–Crippen MR) is 70.4 cm³/mol. The van der Waals surface area contributed by atoms with Crippen LogP contribution in [0, 0.1) is 13.8 Å².